The van der Waals surface area contributed by atoms with Crippen molar-refractivity contribution in [3.63, 3.8) is 0 Å². The lowest BCUT2D eigenvalue weighted by atomic mass is 9.96. The van der Waals surface area contributed by atoms with Crippen LogP contribution in [0.1, 0.15) is 61.5 Å². The molecule has 0 aliphatic carbocycles. The van der Waals surface area contributed by atoms with E-state index in [0.29, 0.717) is 42.9 Å². The summed E-state index contributed by atoms with van der Waals surface area (Å²) in [6, 6.07) is 14.6. The van der Waals surface area contributed by atoms with Crippen molar-refractivity contribution in [2.24, 2.45) is 0 Å². The fourth-order valence-electron chi connectivity index (χ4n) is 4.70. The SMILES string of the molecule is Cc1onc(-c2ccccc2)c1C(=O)N1CCC(c2nc(C(=O)NCc3ccccc3C(F)(F)F)cs2)CC1. The van der Waals surface area contributed by atoms with E-state index < -0.39 is 17.6 Å². The second kappa shape index (κ2) is 11.0. The number of hydrogen-bond donors (Lipinski definition) is 1. The van der Waals surface area contributed by atoms with Crippen LogP contribution in [0.3, 0.4) is 0 Å². The molecule has 1 N–H and O–H groups in total. The quantitative estimate of drug-likeness (QED) is 0.312. The van der Waals surface area contributed by atoms with E-state index in [4.69, 9.17) is 4.52 Å². The smallest absolute Gasteiger partial charge is 0.360 e. The van der Waals surface area contributed by atoms with Crippen molar-refractivity contribution in [2.45, 2.75) is 38.4 Å². The molecule has 3 heterocycles. The van der Waals surface area contributed by atoms with E-state index in [-0.39, 0.29) is 29.6 Å². The number of thiazole rings is 1. The van der Waals surface area contributed by atoms with Crippen molar-refractivity contribution in [1.82, 2.24) is 20.4 Å². The highest BCUT2D eigenvalue weighted by Gasteiger charge is 2.33. The van der Waals surface area contributed by atoms with Crippen LogP contribution >= 0.6 is 11.3 Å². The van der Waals surface area contributed by atoms with Crippen LogP contribution in [0.25, 0.3) is 11.3 Å². The lowest BCUT2D eigenvalue weighted by Gasteiger charge is -2.31. The number of likely N-dealkylation sites (tertiary alicyclic amines) is 1. The largest absolute Gasteiger partial charge is 0.416 e. The van der Waals surface area contributed by atoms with Crippen LogP contribution in [-0.2, 0) is 12.7 Å². The van der Waals surface area contributed by atoms with Gasteiger partial charge in [-0.15, -0.1) is 11.3 Å². The molecule has 2 aromatic heterocycles. The highest BCUT2D eigenvalue weighted by atomic mass is 32.1. The third-order valence-electron chi connectivity index (χ3n) is 6.77. The van der Waals surface area contributed by atoms with E-state index >= 15 is 0 Å². The number of piperidine rings is 1. The maximum absolute atomic E-state index is 13.4. The summed E-state index contributed by atoms with van der Waals surface area (Å²) in [4.78, 5) is 32.2. The zero-order valence-electron chi connectivity index (χ0n) is 21.0. The summed E-state index contributed by atoms with van der Waals surface area (Å²) in [5.74, 6) is -0.124. The molecule has 4 aromatic rings. The normalized spacial score (nSPS) is 14.4. The molecule has 1 saturated heterocycles. The Balaban J connectivity index is 1.20. The lowest BCUT2D eigenvalue weighted by molar-refractivity contribution is -0.138. The summed E-state index contributed by atoms with van der Waals surface area (Å²) in [6.07, 6.45) is -3.16. The molecule has 1 fully saturated rings. The minimum Gasteiger partial charge on any atom is -0.360 e. The Bertz CT molecular complexity index is 1470. The van der Waals surface area contributed by atoms with Crippen molar-refractivity contribution < 1.29 is 27.3 Å². The van der Waals surface area contributed by atoms with Crippen LogP contribution in [0.5, 0.6) is 0 Å². The Morgan fingerprint density at radius 3 is 2.49 bits per heavy atom. The maximum atomic E-state index is 13.4. The van der Waals surface area contributed by atoms with Gasteiger partial charge in [-0.3, -0.25) is 9.59 Å². The Morgan fingerprint density at radius 1 is 1.08 bits per heavy atom. The molecule has 202 valence electrons. The average Bonchev–Trinajstić information content (AvgIpc) is 3.59. The van der Waals surface area contributed by atoms with Gasteiger partial charge in [-0.2, -0.15) is 13.2 Å². The van der Waals surface area contributed by atoms with Crippen LogP contribution in [0, 0.1) is 6.92 Å². The van der Waals surface area contributed by atoms with E-state index in [2.05, 4.69) is 15.5 Å². The summed E-state index contributed by atoms with van der Waals surface area (Å²) < 4.78 is 45.0. The summed E-state index contributed by atoms with van der Waals surface area (Å²) in [6.45, 7) is 2.49. The fourth-order valence-corrected chi connectivity index (χ4v) is 5.67. The van der Waals surface area contributed by atoms with Gasteiger partial charge in [0, 0.05) is 36.5 Å². The van der Waals surface area contributed by atoms with E-state index in [1.165, 1.54) is 29.5 Å². The summed E-state index contributed by atoms with van der Waals surface area (Å²) in [7, 11) is 0. The number of aromatic nitrogens is 2. The standard InChI is InChI=1S/C28H25F3N4O3S/c1-17-23(24(34-38-17)18-7-3-2-4-8-18)27(37)35-13-11-19(12-14-35)26-33-22(16-39-26)25(36)32-15-20-9-5-6-10-21(20)28(29,30)31/h2-10,16,19H,11-15H2,1H3,(H,32,36). The van der Waals surface area contributed by atoms with Gasteiger partial charge in [0.25, 0.3) is 11.8 Å². The molecule has 0 radical (unpaired) electrons. The van der Waals surface area contributed by atoms with Gasteiger partial charge >= 0.3 is 6.18 Å². The highest BCUT2D eigenvalue weighted by Crippen LogP contribution is 2.34. The van der Waals surface area contributed by atoms with Crippen LogP contribution < -0.4 is 5.32 Å². The van der Waals surface area contributed by atoms with Gasteiger partial charge in [-0.05, 0) is 31.4 Å². The van der Waals surface area contributed by atoms with Gasteiger partial charge in [-0.1, -0.05) is 53.7 Å². The number of benzene rings is 2. The Kier molecular flexibility index (Phi) is 7.51. The van der Waals surface area contributed by atoms with E-state index in [1.54, 1.807) is 17.2 Å². The number of rotatable bonds is 6. The van der Waals surface area contributed by atoms with Crippen LogP contribution in [0.4, 0.5) is 13.2 Å². The number of nitrogens with zero attached hydrogens (tertiary/aromatic N) is 3. The van der Waals surface area contributed by atoms with Crippen molar-refractivity contribution in [1.29, 1.82) is 0 Å². The average molecular weight is 555 g/mol. The van der Waals surface area contributed by atoms with Crippen LogP contribution in [0.15, 0.2) is 64.5 Å². The molecule has 7 nitrogen and oxygen atoms in total. The number of amides is 2. The van der Waals surface area contributed by atoms with E-state index in [0.717, 1.165) is 16.6 Å². The van der Waals surface area contributed by atoms with Gasteiger partial charge < -0.3 is 14.7 Å². The zero-order valence-corrected chi connectivity index (χ0v) is 21.8. The molecule has 2 aromatic carbocycles. The van der Waals surface area contributed by atoms with Crippen molar-refractivity contribution >= 4 is 23.2 Å². The molecule has 1 aliphatic heterocycles. The first-order chi connectivity index (χ1) is 18.7. The summed E-state index contributed by atoms with van der Waals surface area (Å²) >= 11 is 1.34. The zero-order chi connectivity index (χ0) is 27.6. The third-order valence-corrected chi connectivity index (χ3v) is 7.78. The Labute approximate surface area is 226 Å². The minimum atomic E-state index is -4.50. The van der Waals surface area contributed by atoms with Gasteiger partial charge in [0.15, 0.2) is 0 Å². The predicted molar refractivity (Wildman–Crippen MR) is 139 cm³/mol. The molecule has 0 unspecified atom stereocenters. The number of nitrogens with one attached hydrogen (secondary N) is 1. The second-order valence-electron chi connectivity index (χ2n) is 9.30. The Morgan fingerprint density at radius 2 is 1.77 bits per heavy atom. The predicted octanol–water partition coefficient (Wildman–Crippen LogP) is 6.08. The third kappa shape index (κ3) is 5.73. The fraction of sp³-hybridized carbons (Fsp3) is 0.286. The molecule has 0 saturated carbocycles. The number of aryl methyl sites for hydroxylation is 1. The number of hydrogen-bond acceptors (Lipinski definition) is 6. The van der Waals surface area contributed by atoms with Crippen LogP contribution in [-0.4, -0.2) is 39.9 Å². The lowest BCUT2D eigenvalue weighted by Crippen LogP contribution is -2.38. The number of alkyl halides is 3. The summed E-state index contributed by atoms with van der Waals surface area (Å²) in [5, 5.41) is 9.04. The highest BCUT2D eigenvalue weighted by molar-refractivity contribution is 7.09. The monoisotopic (exact) mass is 554 g/mol. The van der Waals surface area contributed by atoms with Gasteiger partial charge in [0.1, 0.15) is 22.7 Å². The van der Waals surface area contributed by atoms with E-state index in [1.807, 2.05) is 30.3 Å². The Hall–Kier alpha value is -3.99. The molecular formula is C28H25F3N4O3S. The molecule has 5 rings (SSSR count). The van der Waals surface area contributed by atoms with Gasteiger partial charge in [0.05, 0.1) is 10.6 Å². The molecular weight excluding hydrogens is 529 g/mol. The number of carbonyl (C=O) groups is 2. The molecule has 2 amide bonds. The van der Waals surface area contributed by atoms with Crippen molar-refractivity contribution in [2.75, 3.05) is 13.1 Å². The molecule has 0 spiro atoms. The first-order valence-corrected chi connectivity index (χ1v) is 13.3. The second-order valence-corrected chi connectivity index (χ2v) is 10.2. The first kappa shape index (κ1) is 26.6. The summed E-state index contributed by atoms with van der Waals surface area (Å²) in [5.41, 5.74) is 1.18. The maximum Gasteiger partial charge on any atom is 0.416 e. The number of halogens is 3. The first-order valence-electron chi connectivity index (χ1n) is 12.4. The number of carbonyl (C=O) groups excluding carboxylic acids is 2. The van der Waals surface area contributed by atoms with Gasteiger partial charge in [-0.25, -0.2) is 4.98 Å². The molecule has 39 heavy (non-hydrogen) atoms. The van der Waals surface area contributed by atoms with Crippen LogP contribution in [0.2, 0.25) is 0 Å². The molecule has 11 heteroatoms. The molecule has 0 atom stereocenters. The van der Waals surface area contributed by atoms with Crippen molar-refractivity contribution in [3.8, 4) is 11.3 Å². The van der Waals surface area contributed by atoms with Gasteiger partial charge in [0.2, 0.25) is 0 Å². The molecule has 0 bridgehead atoms. The molecule has 1 aliphatic rings. The van der Waals surface area contributed by atoms with Crippen molar-refractivity contribution in [3.05, 3.63) is 93.1 Å². The van der Waals surface area contributed by atoms with E-state index in [9.17, 15) is 22.8 Å². The topological polar surface area (TPSA) is 88.3 Å². The minimum absolute atomic E-state index is 0.00989.